The Labute approximate surface area is 154 Å². The van der Waals surface area contributed by atoms with Gasteiger partial charge in [0.05, 0.1) is 13.0 Å². The van der Waals surface area contributed by atoms with E-state index < -0.39 is 0 Å². The van der Waals surface area contributed by atoms with Crippen LogP contribution in [0.15, 0.2) is 54.6 Å². The molecule has 0 heterocycles. The third-order valence-corrected chi connectivity index (χ3v) is 3.91. The van der Waals surface area contributed by atoms with Gasteiger partial charge in [0.25, 0.3) is 5.91 Å². The van der Waals surface area contributed by atoms with Gasteiger partial charge in [0.1, 0.15) is 12.4 Å². The van der Waals surface area contributed by atoms with Crippen molar-refractivity contribution < 1.29 is 19.1 Å². The molecule has 0 aromatic heterocycles. The molecule has 1 amide bonds. The molecule has 0 N–H and O–H groups in total. The molecule has 0 saturated carbocycles. The van der Waals surface area contributed by atoms with Crippen molar-refractivity contribution in [3.63, 3.8) is 0 Å². The molecular formula is C21H25NO4. The van der Waals surface area contributed by atoms with Gasteiger partial charge in [-0.05, 0) is 43.7 Å². The van der Waals surface area contributed by atoms with Crippen LogP contribution in [0.5, 0.6) is 5.75 Å². The average Bonchev–Trinajstić information content (AvgIpc) is 2.68. The molecule has 2 aromatic carbocycles. The van der Waals surface area contributed by atoms with Crippen molar-refractivity contribution in [3.8, 4) is 5.75 Å². The molecule has 0 unspecified atom stereocenters. The second-order valence-corrected chi connectivity index (χ2v) is 5.74. The van der Waals surface area contributed by atoms with Crippen LogP contribution in [0.25, 0.3) is 0 Å². The first kappa shape index (κ1) is 19.5. The number of rotatable bonds is 9. The van der Waals surface area contributed by atoms with E-state index in [4.69, 9.17) is 9.47 Å². The normalized spacial score (nSPS) is 10.2. The van der Waals surface area contributed by atoms with E-state index in [2.05, 4.69) is 0 Å². The number of amides is 1. The van der Waals surface area contributed by atoms with Crippen LogP contribution in [0.3, 0.4) is 0 Å². The fraction of sp³-hybridized carbons (Fsp3) is 0.333. The number of hydrogen-bond donors (Lipinski definition) is 0. The van der Waals surface area contributed by atoms with Crippen molar-refractivity contribution in [1.29, 1.82) is 0 Å². The van der Waals surface area contributed by atoms with E-state index in [9.17, 15) is 9.59 Å². The highest BCUT2D eigenvalue weighted by molar-refractivity contribution is 5.94. The molecule has 2 rings (SSSR count). The summed E-state index contributed by atoms with van der Waals surface area (Å²) in [6.45, 7) is 5.37. The summed E-state index contributed by atoms with van der Waals surface area (Å²) < 4.78 is 10.6. The Morgan fingerprint density at radius 3 is 2.27 bits per heavy atom. The minimum atomic E-state index is -0.289. The van der Waals surface area contributed by atoms with Crippen molar-refractivity contribution in [3.05, 3.63) is 65.7 Å². The van der Waals surface area contributed by atoms with Crippen molar-refractivity contribution in [1.82, 2.24) is 4.90 Å². The van der Waals surface area contributed by atoms with Crippen molar-refractivity contribution >= 4 is 11.9 Å². The molecule has 0 spiro atoms. The first-order chi connectivity index (χ1) is 12.6. The summed E-state index contributed by atoms with van der Waals surface area (Å²) in [6.07, 6.45) is 0.200. The average molecular weight is 355 g/mol. The van der Waals surface area contributed by atoms with Gasteiger partial charge in [-0.1, -0.05) is 30.3 Å². The zero-order valence-electron chi connectivity index (χ0n) is 15.3. The number of ether oxygens (including phenoxy) is 2. The van der Waals surface area contributed by atoms with Crippen LogP contribution < -0.4 is 4.74 Å². The largest absolute Gasteiger partial charge is 0.489 e. The lowest BCUT2D eigenvalue weighted by molar-refractivity contribution is -0.143. The first-order valence-corrected chi connectivity index (χ1v) is 8.85. The van der Waals surface area contributed by atoms with E-state index in [1.54, 1.807) is 36.1 Å². The fourth-order valence-corrected chi connectivity index (χ4v) is 2.48. The molecule has 138 valence electrons. The zero-order valence-corrected chi connectivity index (χ0v) is 15.3. The van der Waals surface area contributed by atoms with Gasteiger partial charge >= 0.3 is 5.97 Å². The van der Waals surface area contributed by atoms with Gasteiger partial charge in [-0.3, -0.25) is 9.59 Å². The van der Waals surface area contributed by atoms with Gasteiger partial charge in [-0.25, -0.2) is 0 Å². The zero-order chi connectivity index (χ0) is 18.8. The van der Waals surface area contributed by atoms with E-state index >= 15 is 0 Å². The summed E-state index contributed by atoms with van der Waals surface area (Å²) in [6, 6.07) is 17.0. The van der Waals surface area contributed by atoms with Crippen LogP contribution in [0.1, 0.15) is 36.2 Å². The first-order valence-electron chi connectivity index (χ1n) is 8.85. The topological polar surface area (TPSA) is 55.8 Å². The van der Waals surface area contributed by atoms with Crippen LogP contribution in [0.4, 0.5) is 0 Å². The lowest BCUT2D eigenvalue weighted by atomic mass is 10.2. The van der Waals surface area contributed by atoms with Crippen LogP contribution >= 0.6 is 0 Å². The fourth-order valence-electron chi connectivity index (χ4n) is 2.48. The summed E-state index contributed by atoms with van der Waals surface area (Å²) in [4.78, 5) is 25.7. The van der Waals surface area contributed by atoms with Gasteiger partial charge in [0.15, 0.2) is 0 Å². The highest BCUT2D eigenvalue weighted by Crippen LogP contribution is 2.16. The minimum absolute atomic E-state index is 0.105. The molecular weight excluding hydrogens is 330 g/mol. The summed E-state index contributed by atoms with van der Waals surface area (Å²) in [7, 11) is 0. The molecule has 0 radical (unpaired) electrons. The van der Waals surface area contributed by atoms with Gasteiger partial charge in [0, 0.05) is 18.7 Å². The second-order valence-electron chi connectivity index (χ2n) is 5.74. The number of carbonyl (C=O) groups excluding carboxylic acids is 2. The predicted octanol–water partition coefficient (Wildman–Crippen LogP) is 3.68. The van der Waals surface area contributed by atoms with E-state index in [1.165, 1.54) is 0 Å². The number of nitrogens with zero attached hydrogens (tertiary/aromatic N) is 1. The van der Waals surface area contributed by atoms with E-state index in [0.29, 0.717) is 37.6 Å². The van der Waals surface area contributed by atoms with E-state index in [0.717, 1.165) is 5.56 Å². The van der Waals surface area contributed by atoms with Gasteiger partial charge in [-0.2, -0.15) is 0 Å². The maximum absolute atomic E-state index is 12.6. The Kier molecular flexibility index (Phi) is 7.68. The molecule has 2 aromatic rings. The van der Waals surface area contributed by atoms with Crippen LogP contribution in [0, 0.1) is 0 Å². The summed E-state index contributed by atoms with van der Waals surface area (Å²) in [5, 5.41) is 0. The third kappa shape index (κ3) is 5.92. The Hall–Kier alpha value is -2.82. The van der Waals surface area contributed by atoms with Crippen molar-refractivity contribution in [2.24, 2.45) is 0 Å². The molecule has 0 aliphatic rings. The minimum Gasteiger partial charge on any atom is -0.489 e. The van der Waals surface area contributed by atoms with E-state index in [-0.39, 0.29) is 18.3 Å². The molecule has 5 heteroatoms. The van der Waals surface area contributed by atoms with Crippen LogP contribution in [-0.2, 0) is 16.1 Å². The van der Waals surface area contributed by atoms with Crippen molar-refractivity contribution in [2.75, 3.05) is 19.7 Å². The van der Waals surface area contributed by atoms with Gasteiger partial charge in [-0.15, -0.1) is 0 Å². The summed E-state index contributed by atoms with van der Waals surface area (Å²) in [5.74, 6) is 0.315. The standard InChI is InChI=1S/C21H25NO4/c1-3-22(15-14-20(23)25-4-2)21(24)18-10-12-19(13-11-18)26-16-17-8-6-5-7-9-17/h5-13H,3-4,14-16H2,1-2H3. The molecule has 0 aliphatic carbocycles. The highest BCUT2D eigenvalue weighted by Gasteiger charge is 2.15. The summed E-state index contributed by atoms with van der Waals surface area (Å²) >= 11 is 0. The Balaban J connectivity index is 1.90. The number of esters is 1. The van der Waals surface area contributed by atoms with E-state index in [1.807, 2.05) is 37.3 Å². The smallest absolute Gasteiger partial charge is 0.307 e. The monoisotopic (exact) mass is 355 g/mol. The van der Waals surface area contributed by atoms with Gasteiger partial charge in [0.2, 0.25) is 0 Å². The Bertz CT molecular complexity index is 698. The highest BCUT2D eigenvalue weighted by atomic mass is 16.5. The SMILES string of the molecule is CCOC(=O)CCN(CC)C(=O)c1ccc(OCc2ccccc2)cc1. The molecule has 0 atom stereocenters. The third-order valence-electron chi connectivity index (χ3n) is 3.91. The molecule has 0 saturated heterocycles. The molecule has 0 bridgehead atoms. The van der Waals surface area contributed by atoms with Crippen LogP contribution in [0.2, 0.25) is 0 Å². The number of benzene rings is 2. The summed E-state index contributed by atoms with van der Waals surface area (Å²) in [5.41, 5.74) is 1.66. The number of hydrogen-bond acceptors (Lipinski definition) is 4. The molecule has 0 aliphatic heterocycles. The number of carbonyl (C=O) groups is 2. The molecule has 0 fully saturated rings. The second kappa shape index (κ2) is 10.2. The Morgan fingerprint density at radius 2 is 1.65 bits per heavy atom. The predicted molar refractivity (Wildman–Crippen MR) is 100 cm³/mol. The van der Waals surface area contributed by atoms with Crippen molar-refractivity contribution in [2.45, 2.75) is 26.9 Å². The lowest BCUT2D eigenvalue weighted by Crippen LogP contribution is -2.33. The quantitative estimate of drug-likeness (QED) is 0.644. The maximum Gasteiger partial charge on any atom is 0.307 e. The van der Waals surface area contributed by atoms with Crippen LogP contribution in [-0.4, -0.2) is 36.5 Å². The molecule has 5 nitrogen and oxygen atoms in total. The molecule has 26 heavy (non-hydrogen) atoms. The Morgan fingerprint density at radius 1 is 0.962 bits per heavy atom. The van der Waals surface area contributed by atoms with Gasteiger partial charge < -0.3 is 14.4 Å². The lowest BCUT2D eigenvalue weighted by Gasteiger charge is -2.20. The maximum atomic E-state index is 12.6.